The van der Waals surface area contributed by atoms with Gasteiger partial charge in [0.15, 0.2) is 0 Å². The van der Waals surface area contributed by atoms with Gasteiger partial charge in [0.25, 0.3) is 11.8 Å². The number of methoxy groups -OCH3 is 1. The number of nitrogens with zero attached hydrogens (tertiary/aromatic N) is 1. The minimum atomic E-state index is -3.86. The maximum Gasteiger partial charge on any atom is 0.255 e. The largest absolute Gasteiger partial charge is 0.495 e. The summed E-state index contributed by atoms with van der Waals surface area (Å²) in [4.78, 5) is 26.1. The van der Waals surface area contributed by atoms with Crippen molar-refractivity contribution in [1.82, 2.24) is 9.62 Å². The molecule has 29 heavy (non-hydrogen) atoms. The van der Waals surface area contributed by atoms with Gasteiger partial charge in [0.05, 0.1) is 7.11 Å². The summed E-state index contributed by atoms with van der Waals surface area (Å²) in [5.41, 5.74) is 0.981. The second-order valence-corrected chi connectivity index (χ2v) is 8.56. The van der Waals surface area contributed by atoms with E-state index in [1.54, 1.807) is 52.2 Å². The number of sulfonamides is 1. The third-order valence-electron chi connectivity index (χ3n) is 3.88. The average molecular weight is 420 g/mol. The van der Waals surface area contributed by atoms with Crippen LogP contribution in [0.5, 0.6) is 5.75 Å². The monoisotopic (exact) mass is 419 g/mol. The molecule has 0 radical (unpaired) electrons. The van der Waals surface area contributed by atoms with Crippen LogP contribution >= 0.6 is 0 Å². The Morgan fingerprint density at radius 2 is 1.72 bits per heavy atom. The van der Waals surface area contributed by atoms with E-state index in [4.69, 9.17) is 4.74 Å². The zero-order chi connectivity index (χ0) is 21.8. The molecule has 0 heterocycles. The summed E-state index contributed by atoms with van der Waals surface area (Å²) in [6, 6.07) is 10.3. The van der Waals surface area contributed by atoms with Gasteiger partial charge in [-0.25, -0.2) is 13.1 Å². The molecule has 0 saturated heterocycles. The molecule has 0 aliphatic carbocycles. The Balaban J connectivity index is 2.34. The fourth-order valence-electron chi connectivity index (χ4n) is 2.59. The van der Waals surface area contributed by atoms with Crippen molar-refractivity contribution in [3.8, 4) is 5.75 Å². The Morgan fingerprint density at radius 3 is 2.31 bits per heavy atom. The van der Waals surface area contributed by atoms with Crippen LogP contribution < -0.4 is 14.8 Å². The van der Waals surface area contributed by atoms with Crippen LogP contribution in [0.15, 0.2) is 47.4 Å². The van der Waals surface area contributed by atoms with Crippen LogP contribution in [0.3, 0.4) is 0 Å². The molecule has 156 valence electrons. The van der Waals surface area contributed by atoms with Crippen molar-refractivity contribution >= 4 is 27.5 Å². The van der Waals surface area contributed by atoms with Crippen LogP contribution in [-0.2, 0) is 10.0 Å². The Hall–Kier alpha value is -2.91. The molecule has 0 saturated carbocycles. The van der Waals surface area contributed by atoms with E-state index in [0.717, 1.165) is 0 Å². The summed E-state index contributed by atoms with van der Waals surface area (Å²) in [6.45, 7) is 3.39. The summed E-state index contributed by atoms with van der Waals surface area (Å²) in [5, 5.41) is 2.68. The molecule has 9 heteroatoms. The number of rotatable bonds is 7. The molecule has 2 aromatic carbocycles. The minimum Gasteiger partial charge on any atom is -0.495 e. The number of ether oxygens (including phenoxy) is 1. The van der Waals surface area contributed by atoms with Crippen molar-refractivity contribution in [3.05, 3.63) is 53.6 Å². The van der Waals surface area contributed by atoms with E-state index in [1.807, 2.05) is 0 Å². The van der Waals surface area contributed by atoms with Gasteiger partial charge in [0.1, 0.15) is 10.6 Å². The summed E-state index contributed by atoms with van der Waals surface area (Å²) >= 11 is 0. The van der Waals surface area contributed by atoms with Gasteiger partial charge in [0.2, 0.25) is 10.0 Å². The highest BCUT2D eigenvalue weighted by molar-refractivity contribution is 7.89. The zero-order valence-corrected chi connectivity index (χ0v) is 17.8. The van der Waals surface area contributed by atoms with Gasteiger partial charge < -0.3 is 15.0 Å². The molecule has 2 aromatic rings. The molecule has 0 bridgehead atoms. The van der Waals surface area contributed by atoms with E-state index in [1.165, 1.54) is 30.2 Å². The summed E-state index contributed by atoms with van der Waals surface area (Å²) in [5.74, 6) is -0.574. The van der Waals surface area contributed by atoms with Crippen molar-refractivity contribution in [2.45, 2.75) is 24.8 Å². The molecule has 0 aliphatic heterocycles. The average Bonchev–Trinajstić information content (AvgIpc) is 2.65. The second-order valence-electron chi connectivity index (χ2n) is 6.88. The van der Waals surface area contributed by atoms with Gasteiger partial charge in [-0.2, -0.15) is 0 Å². The maximum atomic E-state index is 12.7. The van der Waals surface area contributed by atoms with Crippen LogP contribution in [-0.4, -0.2) is 52.4 Å². The lowest BCUT2D eigenvalue weighted by atomic mass is 10.1. The second kappa shape index (κ2) is 9.06. The lowest BCUT2D eigenvalue weighted by Crippen LogP contribution is -2.30. The highest BCUT2D eigenvalue weighted by Gasteiger charge is 2.22. The normalized spacial score (nSPS) is 11.2. The van der Waals surface area contributed by atoms with Gasteiger partial charge in [0, 0.05) is 37.0 Å². The molecule has 0 atom stereocenters. The number of amides is 2. The Morgan fingerprint density at radius 1 is 1.03 bits per heavy atom. The fraction of sp³-hybridized carbons (Fsp3) is 0.300. The van der Waals surface area contributed by atoms with Crippen LogP contribution in [0.1, 0.15) is 34.6 Å². The number of nitrogens with one attached hydrogen (secondary N) is 2. The highest BCUT2D eigenvalue weighted by atomic mass is 32.2. The molecular weight excluding hydrogens is 394 g/mol. The minimum absolute atomic E-state index is 0.127. The number of hydrogen-bond acceptors (Lipinski definition) is 5. The third-order valence-corrected chi connectivity index (χ3v) is 5.56. The van der Waals surface area contributed by atoms with Crippen molar-refractivity contribution in [1.29, 1.82) is 0 Å². The molecule has 0 spiro atoms. The molecule has 0 aromatic heterocycles. The molecular formula is C20H25N3O5S. The number of hydrogen-bond donors (Lipinski definition) is 2. The first kappa shape index (κ1) is 22.4. The van der Waals surface area contributed by atoms with Gasteiger partial charge in [-0.1, -0.05) is 6.07 Å². The first-order valence-electron chi connectivity index (χ1n) is 8.88. The van der Waals surface area contributed by atoms with Crippen molar-refractivity contribution < 1.29 is 22.7 Å². The molecule has 2 rings (SSSR count). The smallest absolute Gasteiger partial charge is 0.255 e. The SMILES string of the molecule is COc1ccc(C(=O)Nc2cccc(C(=O)N(C)C)c2)cc1S(=O)(=O)NC(C)C. The van der Waals surface area contributed by atoms with Crippen LogP contribution in [0.25, 0.3) is 0 Å². The summed E-state index contributed by atoms with van der Waals surface area (Å²) in [6.07, 6.45) is 0. The Kier molecular flexibility index (Phi) is 6.99. The van der Waals surface area contributed by atoms with Crippen molar-refractivity contribution in [2.24, 2.45) is 0 Å². The predicted octanol–water partition coefficient (Wildman–Crippen LogP) is 2.34. The van der Waals surface area contributed by atoms with Gasteiger partial charge in [-0.15, -0.1) is 0 Å². The summed E-state index contributed by atoms with van der Waals surface area (Å²) in [7, 11) is 0.768. The maximum absolute atomic E-state index is 12.7. The molecule has 8 nitrogen and oxygen atoms in total. The lowest BCUT2D eigenvalue weighted by Gasteiger charge is -2.14. The first-order valence-corrected chi connectivity index (χ1v) is 10.4. The van der Waals surface area contributed by atoms with E-state index in [0.29, 0.717) is 11.3 Å². The molecule has 0 fully saturated rings. The van der Waals surface area contributed by atoms with Crippen LogP contribution in [0.2, 0.25) is 0 Å². The molecule has 2 N–H and O–H groups in total. The molecule has 0 aliphatic rings. The van der Waals surface area contributed by atoms with E-state index in [-0.39, 0.29) is 28.2 Å². The Bertz CT molecular complexity index is 1020. The van der Waals surface area contributed by atoms with Gasteiger partial charge in [-0.3, -0.25) is 9.59 Å². The van der Waals surface area contributed by atoms with E-state index >= 15 is 0 Å². The van der Waals surface area contributed by atoms with Crippen LogP contribution in [0, 0.1) is 0 Å². The van der Waals surface area contributed by atoms with Crippen molar-refractivity contribution in [2.75, 3.05) is 26.5 Å². The fourth-order valence-corrected chi connectivity index (χ4v) is 4.04. The standard InChI is InChI=1S/C20H25N3O5S/c1-13(2)22-29(26,27)18-12-14(9-10-17(18)28-5)19(24)21-16-8-6-7-15(11-16)20(25)23(3)4/h6-13,22H,1-5H3,(H,21,24). The quantitative estimate of drug-likeness (QED) is 0.717. The third kappa shape index (κ3) is 5.55. The topological polar surface area (TPSA) is 105 Å². The lowest BCUT2D eigenvalue weighted by molar-refractivity contribution is 0.0827. The number of benzene rings is 2. The number of carbonyl (C=O) groups is 2. The molecule has 0 unspecified atom stereocenters. The van der Waals surface area contributed by atoms with E-state index in [2.05, 4.69) is 10.0 Å². The van der Waals surface area contributed by atoms with Gasteiger partial charge in [-0.05, 0) is 50.2 Å². The molecule has 2 amide bonds. The number of anilines is 1. The highest BCUT2D eigenvalue weighted by Crippen LogP contribution is 2.25. The van der Waals surface area contributed by atoms with Crippen LogP contribution in [0.4, 0.5) is 5.69 Å². The zero-order valence-electron chi connectivity index (χ0n) is 17.0. The predicted molar refractivity (Wildman–Crippen MR) is 111 cm³/mol. The first-order chi connectivity index (χ1) is 13.5. The van der Waals surface area contributed by atoms with E-state index in [9.17, 15) is 18.0 Å². The summed E-state index contributed by atoms with van der Waals surface area (Å²) < 4.78 is 32.8. The Labute approximate surface area is 170 Å². The van der Waals surface area contributed by atoms with Crippen molar-refractivity contribution in [3.63, 3.8) is 0 Å². The van der Waals surface area contributed by atoms with Gasteiger partial charge >= 0.3 is 0 Å². The van der Waals surface area contributed by atoms with E-state index < -0.39 is 15.9 Å². The number of carbonyl (C=O) groups excluding carboxylic acids is 2.